The summed E-state index contributed by atoms with van der Waals surface area (Å²) < 4.78 is 13.4. The normalized spacial score (nSPS) is 9.92. The van der Waals surface area contributed by atoms with Gasteiger partial charge < -0.3 is 16.0 Å². The maximum atomic E-state index is 13.4. The van der Waals surface area contributed by atoms with E-state index in [1.54, 1.807) is 30.3 Å². The van der Waals surface area contributed by atoms with Gasteiger partial charge in [-0.3, -0.25) is 14.4 Å². The summed E-state index contributed by atoms with van der Waals surface area (Å²) >= 11 is 0. The third kappa shape index (κ3) is 5.20. The number of amides is 3. The number of hydrogen-bond acceptors (Lipinski definition) is 3. The molecule has 0 aromatic heterocycles. The first-order valence-electron chi connectivity index (χ1n) is 7.16. The smallest absolute Gasteiger partial charge is 0.233 e. The summed E-state index contributed by atoms with van der Waals surface area (Å²) in [6.07, 6.45) is -0.460. The summed E-state index contributed by atoms with van der Waals surface area (Å²) in [6, 6.07) is 12.2. The van der Waals surface area contributed by atoms with Crippen molar-refractivity contribution in [1.82, 2.24) is 0 Å². The molecule has 6 nitrogen and oxygen atoms in total. The Kier molecular flexibility index (Phi) is 5.62. The van der Waals surface area contributed by atoms with Gasteiger partial charge in [-0.15, -0.1) is 0 Å². The predicted octanol–water partition coefficient (Wildman–Crippen LogP) is 2.75. The average Bonchev–Trinajstić information content (AvgIpc) is 2.49. The Hall–Kier alpha value is -3.22. The molecule has 0 aliphatic rings. The fourth-order valence-corrected chi connectivity index (χ4v) is 1.99. The lowest BCUT2D eigenvalue weighted by molar-refractivity contribution is -0.123. The molecular formula is C17H16FN3O3. The number of carbonyl (C=O) groups is 3. The zero-order valence-corrected chi connectivity index (χ0v) is 12.9. The molecule has 2 aromatic carbocycles. The van der Waals surface area contributed by atoms with Crippen LogP contribution in [0.25, 0.3) is 0 Å². The minimum absolute atomic E-state index is 0.0166. The van der Waals surface area contributed by atoms with Gasteiger partial charge >= 0.3 is 0 Å². The molecule has 0 atom stereocenters. The highest BCUT2D eigenvalue weighted by molar-refractivity contribution is 6.08. The van der Waals surface area contributed by atoms with Gasteiger partial charge in [0.15, 0.2) is 0 Å². The Balaban J connectivity index is 1.92. The molecule has 0 fully saturated rings. The molecule has 0 aliphatic carbocycles. The largest absolute Gasteiger partial charge is 0.326 e. The first-order chi connectivity index (χ1) is 11.4. The lowest BCUT2D eigenvalue weighted by Gasteiger charge is -2.09. The zero-order chi connectivity index (χ0) is 17.5. The summed E-state index contributed by atoms with van der Waals surface area (Å²) in [5, 5.41) is 7.46. The van der Waals surface area contributed by atoms with E-state index in [2.05, 4.69) is 16.0 Å². The van der Waals surface area contributed by atoms with Crippen molar-refractivity contribution in [2.75, 3.05) is 16.0 Å². The van der Waals surface area contributed by atoms with Crippen LogP contribution in [0.5, 0.6) is 0 Å². The second-order valence-corrected chi connectivity index (χ2v) is 5.01. The number of hydrogen-bond donors (Lipinski definition) is 3. The molecule has 0 unspecified atom stereocenters. The number of rotatable bonds is 5. The van der Waals surface area contributed by atoms with E-state index in [0.717, 1.165) is 0 Å². The Morgan fingerprint density at radius 2 is 1.50 bits per heavy atom. The van der Waals surface area contributed by atoms with Gasteiger partial charge in [0, 0.05) is 18.3 Å². The van der Waals surface area contributed by atoms with Crippen molar-refractivity contribution in [3.8, 4) is 0 Å². The molecule has 3 N–H and O–H groups in total. The van der Waals surface area contributed by atoms with Gasteiger partial charge in [-0.25, -0.2) is 4.39 Å². The van der Waals surface area contributed by atoms with Crippen molar-refractivity contribution in [1.29, 1.82) is 0 Å². The van der Waals surface area contributed by atoms with E-state index in [9.17, 15) is 18.8 Å². The van der Waals surface area contributed by atoms with Crippen LogP contribution in [0.4, 0.5) is 21.5 Å². The number of halogens is 1. The highest BCUT2D eigenvalue weighted by atomic mass is 19.1. The first kappa shape index (κ1) is 17.1. The van der Waals surface area contributed by atoms with E-state index < -0.39 is 24.1 Å². The van der Waals surface area contributed by atoms with Gasteiger partial charge in [0.2, 0.25) is 17.7 Å². The Bertz CT molecular complexity index is 777. The Labute approximate surface area is 138 Å². The highest BCUT2D eigenvalue weighted by Crippen LogP contribution is 2.16. The van der Waals surface area contributed by atoms with Crippen molar-refractivity contribution in [3.05, 3.63) is 54.3 Å². The molecule has 24 heavy (non-hydrogen) atoms. The molecule has 0 radical (unpaired) electrons. The standard InChI is InChI=1S/C17H16FN3O3/c1-11(22)19-12-5-4-6-13(9-12)20-16(23)10-17(24)21-15-8-3-2-7-14(15)18/h2-9H,10H2,1H3,(H,19,22)(H,20,23)(H,21,24). The van der Waals surface area contributed by atoms with Crippen molar-refractivity contribution in [2.45, 2.75) is 13.3 Å². The van der Waals surface area contributed by atoms with E-state index in [1.165, 1.54) is 25.1 Å². The van der Waals surface area contributed by atoms with Gasteiger partial charge in [0.25, 0.3) is 0 Å². The second-order valence-electron chi connectivity index (χ2n) is 5.01. The SMILES string of the molecule is CC(=O)Nc1cccc(NC(=O)CC(=O)Nc2ccccc2F)c1. The molecule has 0 bridgehead atoms. The zero-order valence-electron chi connectivity index (χ0n) is 12.9. The van der Waals surface area contributed by atoms with Gasteiger partial charge in [-0.2, -0.15) is 0 Å². The fraction of sp³-hybridized carbons (Fsp3) is 0.118. The Morgan fingerprint density at radius 1 is 0.875 bits per heavy atom. The summed E-state index contributed by atoms with van der Waals surface area (Å²) in [7, 11) is 0. The third-order valence-electron chi connectivity index (χ3n) is 2.94. The lowest BCUT2D eigenvalue weighted by Crippen LogP contribution is -2.21. The lowest BCUT2D eigenvalue weighted by atomic mass is 10.2. The highest BCUT2D eigenvalue weighted by Gasteiger charge is 2.12. The number of nitrogens with one attached hydrogen (secondary N) is 3. The van der Waals surface area contributed by atoms with Crippen LogP contribution in [0.1, 0.15) is 13.3 Å². The van der Waals surface area contributed by atoms with Crippen LogP contribution in [0.2, 0.25) is 0 Å². The van der Waals surface area contributed by atoms with Gasteiger partial charge in [0.1, 0.15) is 12.2 Å². The van der Waals surface area contributed by atoms with Gasteiger partial charge in [0.05, 0.1) is 5.69 Å². The monoisotopic (exact) mass is 329 g/mol. The van der Waals surface area contributed by atoms with Crippen molar-refractivity contribution in [3.63, 3.8) is 0 Å². The van der Waals surface area contributed by atoms with Crippen LogP contribution < -0.4 is 16.0 Å². The van der Waals surface area contributed by atoms with E-state index in [0.29, 0.717) is 11.4 Å². The van der Waals surface area contributed by atoms with Crippen molar-refractivity contribution >= 4 is 34.8 Å². The minimum Gasteiger partial charge on any atom is -0.326 e. The van der Waals surface area contributed by atoms with Crippen LogP contribution >= 0.6 is 0 Å². The molecule has 2 aromatic rings. The number of para-hydroxylation sites is 1. The predicted molar refractivity (Wildman–Crippen MR) is 89.0 cm³/mol. The summed E-state index contributed by atoms with van der Waals surface area (Å²) in [5.74, 6) is -1.99. The maximum absolute atomic E-state index is 13.4. The molecule has 0 saturated carbocycles. The molecule has 124 valence electrons. The van der Waals surface area contributed by atoms with Crippen molar-refractivity contribution < 1.29 is 18.8 Å². The molecule has 7 heteroatoms. The maximum Gasteiger partial charge on any atom is 0.233 e. The second kappa shape index (κ2) is 7.87. The molecular weight excluding hydrogens is 313 g/mol. The summed E-state index contributed by atoms with van der Waals surface area (Å²) in [4.78, 5) is 34.7. The topological polar surface area (TPSA) is 87.3 Å². The molecule has 3 amide bonds. The first-order valence-corrected chi connectivity index (χ1v) is 7.16. The molecule has 0 spiro atoms. The number of anilines is 3. The third-order valence-corrected chi connectivity index (χ3v) is 2.94. The molecule has 0 saturated heterocycles. The van der Waals surface area contributed by atoms with Gasteiger partial charge in [-0.1, -0.05) is 18.2 Å². The van der Waals surface area contributed by atoms with Crippen LogP contribution in [0.3, 0.4) is 0 Å². The summed E-state index contributed by atoms with van der Waals surface area (Å²) in [5.41, 5.74) is 0.976. The van der Waals surface area contributed by atoms with Gasteiger partial charge in [-0.05, 0) is 30.3 Å². The molecule has 2 rings (SSSR count). The fourth-order valence-electron chi connectivity index (χ4n) is 1.99. The minimum atomic E-state index is -0.629. The quantitative estimate of drug-likeness (QED) is 0.737. The Morgan fingerprint density at radius 3 is 2.17 bits per heavy atom. The van der Waals surface area contributed by atoms with Crippen LogP contribution in [0.15, 0.2) is 48.5 Å². The van der Waals surface area contributed by atoms with Crippen molar-refractivity contribution in [2.24, 2.45) is 0 Å². The van der Waals surface area contributed by atoms with E-state index >= 15 is 0 Å². The van der Waals surface area contributed by atoms with E-state index in [4.69, 9.17) is 0 Å². The molecule has 0 aliphatic heterocycles. The van der Waals surface area contributed by atoms with E-state index in [-0.39, 0.29) is 11.6 Å². The summed E-state index contributed by atoms with van der Waals surface area (Å²) in [6.45, 7) is 1.37. The van der Waals surface area contributed by atoms with E-state index in [1.807, 2.05) is 0 Å². The molecule has 0 heterocycles. The number of benzene rings is 2. The van der Waals surface area contributed by atoms with Crippen LogP contribution in [0, 0.1) is 5.82 Å². The average molecular weight is 329 g/mol. The van der Waals surface area contributed by atoms with Crippen LogP contribution in [-0.4, -0.2) is 17.7 Å². The van der Waals surface area contributed by atoms with Crippen LogP contribution in [-0.2, 0) is 14.4 Å². The number of carbonyl (C=O) groups excluding carboxylic acids is 3.